The topological polar surface area (TPSA) is 263 Å². The first-order chi connectivity index (χ1) is 14.7. The normalized spacial score (nSPS) is 30.0. The van der Waals surface area contributed by atoms with Crippen LogP contribution >= 0.6 is 23.5 Å². The Balaban J connectivity index is 2.34. The molecule has 0 aromatic carbocycles. The maximum absolute atomic E-state index is 15.3. The Bertz CT molecular complexity index is 1100. The van der Waals surface area contributed by atoms with Crippen molar-refractivity contribution >= 4 is 29.3 Å². The van der Waals surface area contributed by atoms with Crippen molar-refractivity contribution in [1.82, 2.24) is 14.8 Å². The van der Waals surface area contributed by atoms with Gasteiger partial charge in [-0.3, -0.25) is 4.52 Å². The second kappa shape index (κ2) is 9.11. The third-order valence-corrected chi connectivity index (χ3v) is 8.11. The Morgan fingerprint density at radius 3 is 2.30 bits per heavy atom. The number of phosphoric acid groups is 3. The van der Waals surface area contributed by atoms with Gasteiger partial charge in [0.25, 0.3) is 0 Å². The Morgan fingerprint density at radius 1 is 1.24 bits per heavy atom. The summed E-state index contributed by atoms with van der Waals surface area (Å²) >= 11 is 0. The van der Waals surface area contributed by atoms with E-state index in [9.17, 15) is 37.8 Å². The summed E-state index contributed by atoms with van der Waals surface area (Å²) in [7, 11) is -17.3. The van der Waals surface area contributed by atoms with Crippen LogP contribution in [-0.4, -0.2) is 69.6 Å². The molecular weight excluding hydrogens is 527 g/mol. The molecule has 0 aliphatic carbocycles. The predicted molar refractivity (Wildman–Crippen MR) is 99.5 cm³/mol. The quantitative estimate of drug-likeness (QED) is 0.209. The summed E-state index contributed by atoms with van der Waals surface area (Å²) in [6.45, 7) is -0.200. The van der Waals surface area contributed by atoms with Gasteiger partial charge < -0.3 is 35.2 Å². The highest BCUT2D eigenvalue weighted by Gasteiger charge is 2.64. The molecule has 1 aliphatic heterocycles. The van der Waals surface area contributed by atoms with Crippen LogP contribution in [0.25, 0.3) is 0 Å². The molecule has 0 radical (unpaired) electrons. The van der Waals surface area contributed by atoms with Crippen LogP contribution in [0.5, 0.6) is 0 Å². The lowest BCUT2D eigenvalue weighted by Crippen LogP contribution is -2.51. The predicted octanol–water partition coefficient (Wildman–Crippen LogP) is -0.722. The molecule has 3 unspecified atom stereocenters. The molecule has 7 N–H and O–H groups in total. The minimum absolute atomic E-state index is 0.208. The average Bonchev–Trinajstić information content (AvgIpc) is 2.83. The van der Waals surface area contributed by atoms with Crippen molar-refractivity contribution in [2.75, 3.05) is 12.4 Å². The van der Waals surface area contributed by atoms with E-state index in [1.165, 1.54) is 0 Å². The van der Waals surface area contributed by atoms with Crippen molar-refractivity contribution in [3.8, 4) is 0 Å². The van der Waals surface area contributed by atoms with Gasteiger partial charge in [-0.25, -0.2) is 27.3 Å². The summed E-state index contributed by atoms with van der Waals surface area (Å²) < 4.78 is 80.3. The highest BCUT2D eigenvalue weighted by atomic mass is 31.3. The fraction of sp³-hybridized carbons (Fsp3) is 0.727. The Kier molecular flexibility index (Phi) is 7.74. The standard InChI is InChI=1S/C11H19F2N4O13P3/c1-10(2,28-32(23,24)30-33(25,26)29-31(20,21)22)7-6(18)11(13,4-12)8(27-7)17-9(19)16-5(14)3-15-17/h3,6-8,18H,4H2,1-2H3,(H,23,24)(H,25,26)(H2,14,16,19)(H2,20,21,22)/t6?,7-,8+,11+/m0/s1. The van der Waals surface area contributed by atoms with Gasteiger partial charge in [0.1, 0.15) is 30.3 Å². The van der Waals surface area contributed by atoms with E-state index in [4.69, 9.17) is 20.3 Å². The number of anilines is 1. The zero-order valence-corrected chi connectivity index (χ0v) is 19.2. The smallest absolute Gasteiger partial charge is 0.387 e. The van der Waals surface area contributed by atoms with Crippen LogP contribution < -0.4 is 11.4 Å². The molecule has 1 fully saturated rings. The molecule has 0 spiro atoms. The second-order valence-corrected chi connectivity index (χ2v) is 11.5. The number of nitrogens with zero attached hydrogens (tertiary/aromatic N) is 3. The maximum atomic E-state index is 15.3. The van der Waals surface area contributed by atoms with E-state index in [0.29, 0.717) is 0 Å². The summed E-state index contributed by atoms with van der Waals surface area (Å²) in [6, 6.07) is 0. The number of phosphoric ester groups is 1. The highest BCUT2D eigenvalue weighted by Crippen LogP contribution is 2.67. The molecule has 1 saturated heterocycles. The molecule has 0 bridgehead atoms. The number of aromatic nitrogens is 3. The van der Waals surface area contributed by atoms with E-state index in [1.807, 2.05) is 0 Å². The molecule has 2 rings (SSSR count). The second-order valence-electron chi connectivity index (χ2n) is 7.11. The lowest BCUT2D eigenvalue weighted by atomic mass is 9.90. The highest BCUT2D eigenvalue weighted by molar-refractivity contribution is 7.66. The van der Waals surface area contributed by atoms with Crippen LogP contribution in [0.1, 0.15) is 20.1 Å². The van der Waals surface area contributed by atoms with Crippen molar-refractivity contribution in [2.24, 2.45) is 0 Å². The molecule has 33 heavy (non-hydrogen) atoms. The van der Waals surface area contributed by atoms with Crippen LogP contribution in [-0.2, 0) is 31.6 Å². The number of nitrogen functional groups attached to an aromatic ring is 1. The number of aliphatic hydroxyl groups is 1. The summed E-state index contributed by atoms with van der Waals surface area (Å²) in [5.41, 5.74) is -1.74. The molecule has 2 heterocycles. The van der Waals surface area contributed by atoms with E-state index in [2.05, 4.69) is 23.2 Å². The van der Waals surface area contributed by atoms with Crippen LogP contribution in [0.2, 0.25) is 0 Å². The number of rotatable bonds is 9. The first kappa shape index (κ1) is 28.0. The Morgan fingerprint density at radius 2 is 1.82 bits per heavy atom. The molecule has 1 aromatic rings. The largest absolute Gasteiger partial charge is 0.490 e. The van der Waals surface area contributed by atoms with E-state index in [1.54, 1.807) is 0 Å². The molecule has 0 saturated carbocycles. The number of ether oxygens (including phenoxy) is 1. The number of alkyl halides is 2. The number of hydrogen-bond acceptors (Lipinski definition) is 12. The van der Waals surface area contributed by atoms with Gasteiger partial charge >= 0.3 is 29.2 Å². The first-order valence-electron chi connectivity index (χ1n) is 8.37. The van der Waals surface area contributed by atoms with Crippen LogP contribution in [0.15, 0.2) is 11.0 Å². The molecule has 190 valence electrons. The third-order valence-electron chi connectivity index (χ3n) is 4.08. The lowest BCUT2D eigenvalue weighted by Gasteiger charge is -2.34. The number of halogens is 2. The van der Waals surface area contributed by atoms with Crippen LogP contribution in [0.3, 0.4) is 0 Å². The Labute approximate surface area is 182 Å². The fourth-order valence-electron chi connectivity index (χ4n) is 2.84. The monoisotopic (exact) mass is 546 g/mol. The van der Waals surface area contributed by atoms with Gasteiger partial charge in [0.15, 0.2) is 6.23 Å². The van der Waals surface area contributed by atoms with Crippen molar-refractivity contribution in [2.45, 2.75) is 43.6 Å². The van der Waals surface area contributed by atoms with Gasteiger partial charge in [-0.15, -0.1) is 0 Å². The van der Waals surface area contributed by atoms with Crippen molar-refractivity contribution in [1.29, 1.82) is 0 Å². The maximum Gasteiger partial charge on any atom is 0.490 e. The zero-order chi connectivity index (χ0) is 25.6. The van der Waals surface area contributed by atoms with Gasteiger partial charge in [-0.05, 0) is 13.8 Å². The average molecular weight is 546 g/mol. The molecule has 1 aliphatic rings. The van der Waals surface area contributed by atoms with Crippen molar-refractivity contribution < 1.29 is 65.0 Å². The minimum Gasteiger partial charge on any atom is -0.387 e. The molecule has 17 nitrogen and oxygen atoms in total. The number of hydrogen-bond donors (Lipinski definition) is 6. The van der Waals surface area contributed by atoms with Crippen molar-refractivity contribution in [3.63, 3.8) is 0 Å². The van der Waals surface area contributed by atoms with E-state index < -0.39 is 65.5 Å². The Hall–Kier alpha value is -1.20. The zero-order valence-electron chi connectivity index (χ0n) is 16.5. The summed E-state index contributed by atoms with van der Waals surface area (Å²) in [6.07, 6.45) is -6.02. The molecule has 0 amide bonds. The van der Waals surface area contributed by atoms with Gasteiger partial charge in [0.2, 0.25) is 5.67 Å². The van der Waals surface area contributed by atoms with Gasteiger partial charge in [0, 0.05) is 0 Å². The summed E-state index contributed by atoms with van der Waals surface area (Å²) in [4.78, 5) is 51.3. The third kappa shape index (κ3) is 6.48. The number of nitrogens with two attached hydrogens (primary N) is 1. The number of aliphatic hydroxyl groups excluding tert-OH is 1. The van der Waals surface area contributed by atoms with Crippen molar-refractivity contribution in [3.05, 3.63) is 16.7 Å². The molecular formula is C11H19F2N4O13P3. The minimum atomic E-state index is -5.89. The first-order valence-corrected chi connectivity index (χ1v) is 12.9. The van der Waals surface area contributed by atoms with Crippen LogP contribution in [0.4, 0.5) is 14.6 Å². The van der Waals surface area contributed by atoms with Gasteiger partial charge in [-0.2, -0.15) is 23.4 Å². The molecule has 6 atom stereocenters. The summed E-state index contributed by atoms with van der Waals surface area (Å²) in [5, 5.41) is 13.8. The lowest BCUT2D eigenvalue weighted by molar-refractivity contribution is -0.123. The molecule has 1 aromatic heterocycles. The van der Waals surface area contributed by atoms with E-state index in [-0.39, 0.29) is 10.5 Å². The van der Waals surface area contributed by atoms with Gasteiger partial charge in [-0.1, -0.05) is 0 Å². The van der Waals surface area contributed by atoms with Gasteiger partial charge in [0.05, 0.1) is 6.20 Å². The van der Waals surface area contributed by atoms with E-state index in [0.717, 1.165) is 20.0 Å². The van der Waals surface area contributed by atoms with E-state index >= 15 is 4.39 Å². The summed E-state index contributed by atoms with van der Waals surface area (Å²) in [5.74, 6) is -0.371. The fourth-order valence-corrected chi connectivity index (χ4v) is 6.18. The van der Waals surface area contributed by atoms with Crippen LogP contribution in [0, 0.1) is 0 Å². The molecule has 22 heteroatoms. The SMILES string of the molecule is CC(C)(OP(=O)(O)OP(=O)(O)OP(=O)(O)O)[C@H]1O[C@@H](n2ncc(N)nc2=O)[C@@](F)(CF)C1O.